The monoisotopic (exact) mass is 238 g/mol. The summed E-state index contributed by atoms with van der Waals surface area (Å²) in [6.07, 6.45) is 1.69. The van der Waals surface area contributed by atoms with Gasteiger partial charge in [0.2, 0.25) is 0 Å². The fraction of sp³-hybridized carbons (Fsp3) is 0.364. The highest BCUT2D eigenvalue weighted by atomic mass is 16.4. The summed E-state index contributed by atoms with van der Waals surface area (Å²) in [7, 11) is 1.37. The molecule has 1 heterocycles. The number of carbonyl (C=O) groups excluding carboxylic acids is 1. The number of carbonyl (C=O) groups is 2. The number of aromatic amines is 1. The molecule has 92 valence electrons. The van der Waals surface area contributed by atoms with Gasteiger partial charge in [0.25, 0.3) is 11.5 Å². The molecule has 1 aromatic rings. The van der Waals surface area contributed by atoms with Crippen molar-refractivity contribution in [2.45, 2.75) is 19.4 Å². The van der Waals surface area contributed by atoms with Gasteiger partial charge in [0.05, 0.1) is 0 Å². The third-order valence-corrected chi connectivity index (χ3v) is 2.51. The van der Waals surface area contributed by atoms with Crippen LogP contribution in [0.5, 0.6) is 0 Å². The Morgan fingerprint density at radius 2 is 2.18 bits per heavy atom. The fourth-order valence-electron chi connectivity index (χ4n) is 1.54. The summed E-state index contributed by atoms with van der Waals surface area (Å²) in [6, 6.07) is 1.96. The summed E-state index contributed by atoms with van der Waals surface area (Å²) >= 11 is 0. The van der Waals surface area contributed by atoms with Crippen LogP contribution in [0.15, 0.2) is 23.1 Å². The number of likely N-dealkylation sites (N-methyl/N-ethyl adjacent to an activating group) is 1. The fourth-order valence-corrected chi connectivity index (χ4v) is 1.54. The summed E-state index contributed by atoms with van der Waals surface area (Å²) in [5.74, 6) is -1.68. The minimum atomic E-state index is -1.09. The highest BCUT2D eigenvalue weighted by molar-refractivity contribution is 5.96. The number of hydrogen-bond donors (Lipinski definition) is 2. The number of H-pyrrole nitrogens is 1. The van der Waals surface area contributed by atoms with Crippen molar-refractivity contribution < 1.29 is 14.7 Å². The molecule has 0 aliphatic carbocycles. The maximum atomic E-state index is 11.9. The quantitative estimate of drug-likeness (QED) is 0.789. The van der Waals surface area contributed by atoms with Crippen LogP contribution in [-0.2, 0) is 4.79 Å². The first-order valence-corrected chi connectivity index (χ1v) is 5.16. The van der Waals surface area contributed by atoms with Crippen molar-refractivity contribution in [2.75, 3.05) is 7.05 Å². The van der Waals surface area contributed by atoms with Gasteiger partial charge in [-0.1, -0.05) is 6.92 Å². The van der Waals surface area contributed by atoms with Gasteiger partial charge in [0.1, 0.15) is 11.6 Å². The average molecular weight is 238 g/mol. The van der Waals surface area contributed by atoms with Crippen LogP contribution in [0.3, 0.4) is 0 Å². The van der Waals surface area contributed by atoms with Crippen LogP contribution in [0.4, 0.5) is 0 Å². The summed E-state index contributed by atoms with van der Waals surface area (Å²) in [5.41, 5.74) is -0.584. The highest BCUT2D eigenvalue weighted by Gasteiger charge is 2.26. The number of carboxylic acids is 1. The number of pyridine rings is 1. The lowest BCUT2D eigenvalue weighted by Gasteiger charge is -2.23. The van der Waals surface area contributed by atoms with Gasteiger partial charge in [-0.2, -0.15) is 0 Å². The second-order valence-corrected chi connectivity index (χ2v) is 3.59. The largest absolute Gasteiger partial charge is 0.480 e. The number of nitrogens with one attached hydrogen (secondary N) is 1. The van der Waals surface area contributed by atoms with Gasteiger partial charge in [-0.3, -0.25) is 9.59 Å². The molecule has 0 saturated carbocycles. The molecule has 0 aromatic carbocycles. The predicted octanol–water partition coefficient (Wildman–Crippen LogP) is 0.310. The van der Waals surface area contributed by atoms with Crippen LogP contribution >= 0.6 is 0 Å². The minimum absolute atomic E-state index is 0.0605. The molecule has 0 aliphatic rings. The normalized spacial score (nSPS) is 11.9. The molecule has 0 fully saturated rings. The standard InChI is InChI=1S/C11H14N2O4/c1-3-8(11(16)17)13(2)10(15)7-5-4-6-12-9(7)14/h4-6,8H,3H2,1-2H3,(H,12,14)(H,16,17). The van der Waals surface area contributed by atoms with E-state index in [4.69, 9.17) is 5.11 Å². The van der Waals surface area contributed by atoms with Crippen molar-refractivity contribution in [1.29, 1.82) is 0 Å². The lowest BCUT2D eigenvalue weighted by molar-refractivity contribution is -0.142. The van der Waals surface area contributed by atoms with E-state index in [-0.39, 0.29) is 12.0 Å². The Labute approximate surface area is 97.9 Å². The zero-order chi connectivity index (χ0) is 13.0. The Kier molecular flexibility index (Phi) is 4.03. The van der Waals surface area contributed by atoms with E-state index in [9.17, 15) is 14.4 Å². The Morgan fingerprint density at radius 1 is 1.53 bits per heavy atom. The molecule has 0 radical (unpaired) electrons. The smallest absolute Gasteiger partial charge is 0.326 e. The molecule has 6 nitrogen and oxygen atoms in total. The van der Waals surface area contributed by atoms with Gasteiger partial charge >= 0.3 is 5.97 Å². The van der Waals surface area contributed by atoms with Crippen LogP contribution in [-0.4, -0.2) is 40.0 Å². The van der Waals surface area contributed by atoms with Crippen molar-refractivity contribution in [2.24, 2.45) is 0 Å². The molecule has 1 unspecified atom stereocenters. The molecule has 0 bridgehead atoms. The SMILES string of the molecule is CCC(C(=O)O)N(C)C(=O)c1ccc[nH]c1=O. The zero-order valence-electron chi connectivity index (χ0n) is 9.64. The lowest BCUT2D eigenvalue weighted by Crippen LogP contribution is -2.43. The molecular formula is C11H14N2O4. The second-order valence-electron chi connectivity index (χ2n) is 3.59. The summed E-state index contributed by atoms with van der Waals surface area (Å²) in [4.78, 5) is 37.7. The van der Waals surface area contributed by atoms with Crippen molar-refractivity contribution >= 4 is 11.9 Å². The summed E-state index contributed by atoms with van der Waals surface area (Å²) in [5, 5.41) is 8.93. The van der Waals surface area contributed by atoms with Gasteiger partial charge < -0.3 is 15.0 Å². The van der Waals surface area contributed by atoms with E-state index in [0.717, 1.165) is 4.90 Å². The van der Waals surface area contributed by atoms with Crippen molar-refractivity contribution in [1.82, 2.24) is 9.88 Å². The third kappa shape index (κ3) is 2.72. The topological polar surface area (TPSA) is 90.5 Å². The average Bonchev–Trinajstić information content (AvgIpc) is 2.29. The summed E-state index contributed by atoms with van der Waals surface area (Å²) in [6.45, 7) is 1.66. The minimum Gasteiger partial charge on any atom is -0.480 e. The van der Waals surface area contributed by atoms with Gasteiger partial charge in [-0.05, 0) is 18.6 Å². The van der Waals surface area contributed by atoms with E-state index in [1.165, 1.54) is 25.4 Å². The van der Waals surface area contributed by atoms with E-state index in [1.54, 1.807) is 6.92 Å². The molecule has 2 N–H and O–H groups in total. The zero-order valence-corrected chi connectivity index (χ0v) is 9.64. The maximum Gasteiger partial charge on any atom is 0.326 e. The van der Waals surface area contributed by atoms with Crippen LogP contribution < -0.4 is 5.56 Å². The predicted molar refractivity (Wildman–Crippen MR) is 60.9 cm³/mol. The lowest BCUT2D eigenvalue weighted by atomic mass is 10.1. The third-order valence-electron chi connectivity index (χ3n) is 2.51. The molecule has 1 aromatic heterocycles. The number of aromatic nitrogens is 1. The number of nitrogens with zero attached hydrogens (tertiary/aromatic N) is 1. The maximum absolute atomic E-state index is 11.9. The van der Waals surface area contributed by atoms with E-state index in [1.807, 2.05) is 0 Å². The van der Waals surface area contributed by atoms with E-state index < -0.39 is 23.5 Å². The molecule has 1 amide bonds. The van der Waals surface area contributed by atoms with E-state index >= 15 is 0 Å². The number of carboxylic acid groups (broad SMARTS) is 1. The first kappa shape index (κ1) is 13.0. The molecule has 0 saturated heterocycles. The number of amides is 1. The number of rotatable bonds is 4. The molecule has 1 atom stereocenters. The highest BCUT2D eigenvalue weighted by Crippen LogP contribution is 2.06. The number of hydrogen-bond acceptors (Lipinski definition) is 3. The first-order chi connectivity index (χ1) is 7.99. The van der Waals surface area contributed by atoms with Gasteiger partial charge in [-0.25, -0.2) is 4.79 Å². The van der Waals surface area contributed by atoms with Crippen LogP contribution in [0.1, 0.15) is 23.7 Å². The molecule has 0 spiro atoms. The van der Waals surface area contributed by atoms with Gasteiger partial charge in [-0.15, -0.1) is 0 Å². The van der Waals surface area contributed by atoms with Crippen molar-refractivity contribution in [3.8, 4) is 0 Å². The van der Waals surface area contributed by atoms with Gasteiger partial charge in [0.15, 0.2) is 0 Å². The van der Waals surface area contributed by atoms with E-state index in [0.29, 0.717) is 0 Å². The first-order valence-electron chi connectivity index (χ1n) is 5.16. The molecule has 6 heteroatoms. The Hall–Kier alpha value is -2.11. The molecule has 0 aliphatic heterocycles. The summed E-state index contributed by atoms with van der Waals surface area (Å²) < 4.78 is 0. The van der Waals surface area contributed by atoms with Crippen LogP contribution in [0.2, 0.25) is 0 Å². The molecule has 17 heavy (non-hydrogen) atoms. The molecular weight excluding hydrogens is 224 g/mol. The Bertz CT molecular complexity index is 480. The van der Waals surface area contributed by atoms with Crippen molar-refractivity contribution in [3.05, 3.63) is 34.2 Å². The Balaban J connectivity index is 3.02. The van der Waals surface area contributed by atoms with E-state index in [2.05, 4.69) is 4.98 Å². The van der Waals surface area contributed by atoms with Gasteiger partial charge in [0, 0.05) is 13.2 Å². The van der Waals surface area contributed by atoms with Crippen LogP contribution in [0, 0.1) is 0 Å². The van der Waals surface area contributed by atoms with Crippen LogP contribution in [0.25, 0.3) is 0 Å². The second kappa shape index (κ2) is 5.29. The molecule has 1 rings (SSSR count). The van der Waals surface area contributed by atoms with Crippen molar-refractivity contribution in [3.63, 3.8) is 0 Å². The Morgan fingerprint density at radius 3 is 2.65 bits per heavy atom. The number of aliphatic carboxylic acids is 1.